The molecule has 1 fully saturated rings. The van der Waals surface area contributed by atoms with E-state index in [0.717, 1.165) is 22.5 Å². The van der Waals surface area contributed by atoms with Gasteiger partial charge in [-0.3, -0.25) is 18.8 Å². The number of rotatable bonds is 6. The minimum atomic E-state index is -0.229. The molecule has 5 rings (SSSR count). The van der Waals surface area contributed by atoms with E-state index in [4.69, 9.17) is 14.8 Å². The van der Waals surface area contributed by atoms with Crippen molar-refractivity contribution in [2.24, 2.45) is 5.92 Å². The first-order valence-corrected chi connectivity index (χ1v) is 14.1. The maximum absolute atomic E-state index is 13.9. The zero-order valence-electron chi connectivity index (χ0n) is 23.0. The van der Waals surface area contributed by atoms with Gasteiger partial charge < -0.3 is 9.64 Å². The molecule has 1 aliphatic rings. The quantitative estimate of drug-likeness (QED) is 0.336. The molecular formula is C29H33N5O4S. The summed E-state index contributed by atoms with van der Waals surface area (Å²) in [4.78, 5) is 46.1. The Labute approximate surface area is 231 Å². The van der Waals surface area contributed by atoms with Crippen LogP contribution in [-0.2, 0) is 20.7 Å². The number of nitrogens with zero attached hydrogens (tertiary/aromatic N) is 5. The molecule has 204 valence electrons. The summed E-state index contributed by atoms with van der Waals surface area (Å²) >= 11 is 1.35. The molecule has 39 heavy (non-hydrogen) atoms. The lowest BCUT2D eigenvalue weighted by Crippen LogP contribution is -2.41. The number of carbonyl (C=O) groups is 2. The van der Waals surface area contributed by atoms with Crippen LogP contribution in [-0.4, -0.2) is 55.6 Å². The van der Waals surface area contributed by atoms with Gasteiger partial charge in [-0.25, -0.2) is 9.67 Å². The molecule has 4 aromatic rings. The molecule has 4 heterocycles. The number of esters is 1. The van der Waals surface area contributed by atoms with Crippen molar-refractivity contribution < 1.29 is 14.3 Å². The molecule has 0 bridgehead atoms. The molecule has 1 amide bonds. The summed E-state index contributed by atoms with van der Waals surface area (Å²) < 4.78 is 8.54. The van der Waals surface area contributed by atoms with E-state index in [1.54, 1.807) is 16.2 Å². The lowest BCUT2D eigenvalue weighted by atomic mass is 9.97. The topological polar surface area (TPSA) is 98.8 Å². The van der Waals surface area contributed by atoms with Gasteiger partial charge in [-0.2, -0.15) is 5.10 Å². The highest BCUT2D eigenvalue weighted by Crippen LogP contribution is 2.26. The van der Waals surface area contributed by atoms with Gasteiger partial charge in [0.25, 0.3) is 5.56 Å². The van der Waals surface area contributed by atoms with Crippen molar-refractivity contribution in [2.75, 3.05) is 19.7 Å². The Hall–Kier alpha value is -3.79. The third kappa shape index (κ3) is 5.13. The molecule has 0 atom stereocenters. The van der Waals surface area contributed by atoms with Crippen LogP contribution in [0.25, 0.3) is 21.9 Å². The number of hydrogen-bond donors (Lipinski definition) is 0. The Morgan fingerprint density at radius 1 is 1.10 bits per heavy atom. The van der Waals surface area contributed by atoms with Crippen LogP contribution < -0.4 is 5.56 Å². The van der Waals surface area contributed by atoms with E-state index in [-0.39, 0.29) is 29.8 Å². The fourth-order valence-corrected chi connectivity index (χ4v) is 6.13. The number of hydrogen-bond acceptors (Lipinski definition) is 7. The third-order valence-electron chi connectivity index (χ3n) is 7.36. The molecule has 0 radical (unpaired) electrons. The van der Waals surface area contributed by atoms with Gasteiger partial charge in [0.05, 0.1) is 35.9 Å². The number of ether oxygens (including phenoxy) is 1. The fourth-order valence-electron chi connectivity index (χ4n) is 5.20. The summed E-state index contributed by atoms with van der Waals surface area (Å²) in [5, 5.41) is 6.65. The second-order valence-corrected chi connectivity index (χ2v) is 11.0. The SMILES string of the molecule is CCOC(=O)C1CCN(C(=O)Cc2csc3nc(C)c(-c4cc(C)n(-c5cc(C)ccc5C)n4)c(=O)n23)CC1. The standard InChI is InChI=1S/C29H33N5O4S/c1-6-38-28(37)21-9-11-32(12-10-21)25(35)15-22-16-39-29-30-20(5)26(27(36)33(22)29)23-14-19(4)34(31-23)24-13-17(2)7-8-18(24)3/h7-8,13-14,16,21H,6,9-12,15H2,1-5H3. The van der Waals surface area contributed by atoms with Gasteiger partial charge in [0.1, 0.15) is 5.69 Å². The number of benzene rings is 1. The van der Waals surface area contributed by atoms with Crippen LogP contribution in [0.4, 0.5) is 0 Å². The van der Waals surface area contributed by atoms with Crippen molar-refractivity contribution in [3.8, 4) is 16.9 Å². The average Bonchev–Trinajstić information content (AvgIpc) is 3.48. The summed E-state index contributed by atoms with van der Waals surface area (Å²) in [5.41, 5.74) is 6.07. The molecule has 1 saturated heterocycles. The van der Waals surface area contributed by atoms with E-state index in [1.165, 1.54) is 11.3 Å². The summed E-state index contributed by atoms with van der Waals surface area (Å²) in [6.07, 6.45) is 1.26. The molecular weight excluding hydrogens is 514 g/mol. The number of aryl methyl sites for hydroxylation is 4. The van der Waals surface area contributed by atoms with Crippen LogP contribution in [0.1, 0.15) is 48.0 Å². The van der Waals surface area contributed by atoms with Crippen molar-refractivity contribution in [1.29, 1.82) is 0 Å². The van der Waals surface area contributed by atoms with Gasteiger partial charge in [-0.15, -0.1) is 11.3 Å². The van der Waals surface area contributed by atoms with Gasteiger partial charge in [0, 0.05) is 29.9 Å². The number of aromatic nitrogens is 4. The Kier molecular flexibility index (Phi) is 7.40. The normalized spacial score (nSPS) is 14.2. The van der Waals surface area contributed by atoms with E-state index in [0.29, 0.717) is 60.1 Å². The number of fused-ring (bicyclic) bond motifs is 1. The first kappa shape index (κ1) is 26.8. The van der Waals surface area contributed by atoms with Crippen LogP contribution in [0.15, 0.2) is 34.4 Å². The molecule has 1 aliphatic heterocycles. The highest BCUT2D eigenvalue weighted by Gasteiger charge is 2.29. The number of piperidine rings is 1. The lowest BCUT2D eigenvalue weighted by Gasteiger charge is -2.30. The van der Waals surface area contributed by atoms with Crippen molar-refractivity contribution in [3.63, 3.8) is 0 Å². The van der Waals surface area contributed by atoms with Crippen LogP contribution in [0.3, 0.4) is 0 Å². The molecule has 10 heteroatoms. The maximum atomic E-state index is 13.9. The van der Waals surface area contributed by atoms with Gasteiger partial charge >= 0.3 is 5.97 Å². The van der Waals surface area contributed by atoms with Crippen molar-refractivity contribution in [3.05, 3.63) is 68.2 Å². The molecule has 9 nitrogen and oxygen atoms in total. The van der Waals surface area contributed by atoms with E-state index in [9.17, 15) is 14.4 Å². The fraction of sp³-hybridized carbons (Fsp3) is 0.414. The monoisotopic (exact) mass is 547 g/mol. The summed E-state index contributed by atoms with van der Waals surface area (Å²) in [6, 6.07) is 8.12. The Morgan fingerprint density at radius 3 is 2.56 bits per heavy atom. The highest BCUT2D eigenvalue weighted by atomic mass is 32.1. The van der Waals surface area contributed by atoms with Gasteiger partial charge in [-0.1, -0.05) is 12.1 Å². The van der Waals surface area contributed by atoms with Crippen molar-refractivity contribution in [1.82, 2.24) is 24.1 Å². The molecule has 0 unspecified atom stereocenters. The second kappa shape index (κ2) is 10.8. The van der Waals surface area contributed by atoms with Crippen molar-refractivity contribution >= 4 is 28.2 Å². The third-order valence-corrected chi connectivity index (χ3v) is 8.23. The van der Waals surface area contributed by atoms with Crippen molar-refractivity contribution in [2.45, 2.75) is 53.9 Å². The summed E-state index contributed by atoms with van der Waals surface area (Å²) in [5.74, 6) is -0.426. The Bertz CT molecular complexity index is 1620. The predicted octanol–water partition coefficient (Wildman–Crippen LogP) is 4.19. The number of carbonyl (C=O) groups excluding carboxylic acids is 2. The number of amides is 1. The zero-order valence-corrected chi connectivity index (χ0v) is 23.8. The predicted molar refractivity (Wildman–Crippen MR) is 150 cm³/mol. The number of thiazole rings is 1. The summed E-state index contributed by atoms with van der Waals surface area (Å²) in [7, 11) is 0. The average molecular weight is 548 g/mol. The van der Waals surface area contributed by atoms with E-state index < -0.39 is 0 Å². The first-order valence-electron chi connectivity index (χ1n) is 13.3. The smallest absolute Gasteiger partial charge is 0.309 e. The Morgan fingerprint density at radius 2 is 1.85 bits per heavy atom. The summed E-state index contributed by atoms with van der Waals surface area (Å²) in [6.45, 7) is 11.0. The minimum absolute atomic E-state index is 0.0684. The largest absolute Gasteiger partial charge is 0.466 e. The van der Waals surface area contributed by atoms with E-state index in [1.807, 2.05) is 43.8 Å². The van der Waals surface area contributed by atoms with Gasteiger partial charge in [0.2, 0.25) is 5.91 Å². The van der Waals surface area contributed by atoms with E-state index >= 15 is 0 Å². The first-order chi connectivity index (χ1) is 18.7. The maximum Gasteiger partial charge on any atom is 0.309 e. The second-order valence-electron chi connectivity index (χ2n) is 10.2. The minimum Gasteiger partial charge on any atom is -0.466 e. The van der Waals surface area contributed by atoms with Crippen LogP contribution in [0.5, 0.6) is 0 Å². The number of likely N-dealkylation sites (tertiary alicyclic amines) is 1. The van der Waals surface area contributed by atoms with E-state index in [2.05, 4.69) is 18.2 Å². The van der Waals surface area contributed by atoms with Crippen LogP contribution >= 0.6 is 11.3 Å². The van der Waals surface area contributed by atoms with Crippen LogP contribution in [0.2, 0.25) is 0 Å². The lowest BCUT2D eigenvalue weighted by molar-refractivity contribution is -0.151. The Balaban J connectivity index is 1.43. The molecule has 0 saturated carbocycles. The zero-order chi connectivity index (χ0) is 27.8. The molecule has 0 aliphatic carbocycles. The molecule has 1 aromatic carbocycles. The van der Waals surface area contributed by atoms with Crippen LogP contribution in [0, 0.1) is 33.6 Å². The molecule has 0 N–H and O–H groups in total. The molecule has 0 spiro atoms. The highest BCUT2D eigenvalue weighted by molar-refractivity contribution is 7.15. The molecule has 3 aromatic heterocycles. The van der Waals surface area contributed by atoms with Gasteiger partial charge in [0.15, 0.2) is 4.96 Å². The van der Waals surface area contributed by atoms with Gasteiger partial charge in [-0.05, 0) is 70.7 Å².